The number of rotatable bonds is 1. The fourth-order valence-electron chi connectivity index (χ4n) is 1.91. The molecule has 1 saturated carbocycles. The third-order valence-electron chi connectivity index (χ3n) is 2.22. The van der Waals surface area contributed by atoms with Crippen LogP contribution in [0, 0.1) is 5.41 Å². The maximum Gasteiger partial charge on any atom is 0.111 e. The molecule has 0 amide bonds. The van der Waals surface area contributed by atoms with Gasteiger partial charge in [-0.25, -0.2) is 4.39 Å². The first kappa shape index (κ1) is 7.04. The van der Waals surface area contributed by atoms with E-state index in [9.17, 15) is 4.39 Å². The van der Waals surface area contributed by atoms with Crippen LogP contribution in [-0.2, 0) is 0 Å². The van der Waals surface area contributed by atoms with E-state index in [0.29, 0.717) is 6.42 Å². The van der Waals surface area contributed by atoms with Gasteiger partial charge in [0.05, 0.1) is 0 Å². The van der Waals surface area contributed by atoms with Crippen molar-refractivity contribution in [2.24, 2.45) is 5.41 Å². The molecule has 1 fully saturated rings. The zero-order valence-electron chi connectivity index (χ0n) is 6.50. The molecule has 0 spiro atoms. The molecule has 1 heteroatoms. The Morgan fingerprint density at radius 2 is 1.78 bits per heavy atom. The average molecular weight is 130 g/mol. The Bertz CT molecular complexity index is 108. The summed E-state index contributed by atoms with van der Waals surface area (Å²) in [4.78, 5) is 0. The Kier molecular flexibility index (Phi) is 1.34. The van der Waals surface area contributed by atoms with E-state index < -0.39 is 5.67 Å². The van der Waals surface area contributed by atoms with E-state index in [2.05, 4.69) is 13.8 Å². The molecule has 0 aromatic heterocycles. The van der Waals surface area contributed by atoms with Crippen LogP contribution in [0.4, 0.5) is 4.39 Å². The smallest absolute Gasteiger partial charge is 0.111 e. The second kappa shape index (κ2) is 1.71. The summed E-state index contributed by atoms with van der Waals surface area (Å²) in [7, 11) is 0. The largest absolute Gasteiger partial charge is 0.244 e. The SMILES string of the molecule is CCC1(F)CC(C)(C)C1. The van der Waals surface area contributed by atoms with Crippen molar-refractivity contribution >= 4 is 0 Å². The molecule has 0 N–H and O–H groups in total. The Balaban J connectivity index is 2.41. The summed E-state index contributed by atoms with van der Waals surface area (Å²) in [6.45, 7) is 6.18. The van der Waals surface area contributed by atoms with Gasteiger partial charge in [0.1, 0.15) is 5.67 Å². The molecule has 1 aliphatic rings. The van der Waals surface area contributed by atoms with E-state index in [1.54, 1.807) is 0 Å². The number of alkyl halides is 1. The first-order valence-electron chi connectivity index (χ1n) is 3.66. The molecule has 0 nitrogen and oxygen atoms in total. The molecule has 0 heterocycles. The third kappa shape index (κ3) is 1.25. The van der Waals surface area contributed by atoms with Crippen LogP contribution in [0.15, 0.2) is 0 Å². The molecule has 1 aliphatic carbocycles. The maximum atomic E-state index is 13.1. The quantitative estimate of drug-likeness (QED) is 0.512. The molecule has 9 heavy (non-hydrogen) atoms. The average Bonchev–Trinajstić information content (AvgIpc) is 1.61. The summed E-state index contributed by atoms with van der Waals surface area (Å²) in [5.41, 5.74) is -0.520. The van der Waals surface area contributed by atoms with Crippen LogP contribution < -0.4 is 0 Å². The van der Waals surface area contributed by atoms with Gasteiger partial charge in [-0.1, -0.05) is 20.8 Å². The lowest BCUT2D eigenvalue weighted by Crippen LogP contribution is -2.44. The molecule has 0 radical (unpaired) electrons. The van der Waals surface area contributed by atoms with Crippen molar-refractivity contribution < 1.29 is 4.39 Å². The Morgan fingerprint density at radius 3 is 1.89 bits per heavy atom. The zero-order valence-corrected chi connectivity index (χ0v) is 6.50. The van der Waals surface area contributed by atoms with Crippen molar-refractivity contribution in [2.75, 3.05) is 0 Å². The van der Waals surface area contributed by atoms with Crippen LogP contribution in [0.2, 0.25) is 0 Å². The van der Waals surface area contributed by atoms with E-state index in [1.165, 1.54) is 0 Å². The van der Waals surface area contributed by atoms with Crippen LogP contribution in [-0.4, -0.2) is 5.67 Å². The lowest BCUT2D eigenvalue weighted by Gasteiger charge is -2.47. The highest BCUT2D eigenvalue weighted by Gasteiger charge is 2.48. The molecular weight excluding hydrogens is 115 g/mol. The van der Waals surface area contributed by atoms with Gasteiger partial charge in [0.25, 0.3) is 0 Å². The molecule has 0 atom stereocenters. The van der Waals surface area contributed by atoms with Gasteiger partial charge in [-0.2, -0.15) is 0 Å². The topological polar surface area (TPSA) is 0 Å². The van der Waals surface area contributed by atoms with Crippen molar-refractivity contribution in [2.45, 2.75) is 45.7 Å². The predicted molar refractivity (Wildman–Crippen MR) is 37.1 cm³/mol. The summed E-state index contributed by atoms with van der Waals surface area (Å²) < 4.78 is 13.1. The predicted octanol–water partition coefficient (Wildman–Crippen LogP) is 2.92. The minimum Gasteiger partial charge on any atom is -0.244 e. The van der Waals surface area contributed by atoms with Gasteiger partial charge in [-0.3, -0.25) is 0 Å². The van der Waals surface area contributed by atoms with Crippen molar-refractivity contribution in [3.8, 4) is 0 Å². The van der Waals surface area contributed by atoms with E-state index >= 15 is 0 Å². The summed E-state index contributed by atoms with van der Waals surface area (Å²) in [6.07, 6.45) is 2.21. The van der Waals surface area contributed by atoms with Crippen molar-refractivity contribution in [3.63, 3.8) is 0 Å². The molecule has 0 aromatic carbocycles. The molecule has 0 bridgehead atoms. The first-order chi connectivity index (χ1) is 3.97. The van der Waals surface area contributed by atoms with Crippen LogP contribution >= 0.6 is 0 Å². The van der Waals surface area contributed by atoms with Crippen molar-refractivity contribution in [3.05, 3.63) is 0 Å². The minimum absolute atomic E-state index is 0.282. The van der Waals surface area contributed by atoms with E-state index in [-0.39, 0.29) is 5.41 Å². The molecule has 54 valence electrons. The summed E-state index contributed by atoms with van der Waals surface area (Å²) in [6, 6.07) is 0. The highest BCUT2D eigenvalue weighted by atomic mass is 19.1. The van der Waals surface area contributed by atoms with Crippen LogP contribution in [0.3, 0.4) is 0 Å². The van der Waals surface area contributed by atoms with E-state index in [4.69, 9.17) is 0 Å². The van der Waals surface area contributed by atoms with Crippen LogP contribution in [0.25, 0.3) is 0 Å². The lowest BCUT2D eigenvalue weighted by atomic mass is 9.61. The summed E-state index contributed by atoms with van der Waals surface area (Å²) >= 11 is 0. The van der Waals surface area contributed by atoms with Gasteiger partial charge in [-0.05, 0) is 24.7 Å². The zero-order chi connectivity index (χ0) is 7.12. The number of hydrogen-bond donors (Lipinski definition) is 0. The van der Waals surface area contributed by atoms with Crippen LogP contribution in [0.1, 0.15) is 40.0 Å². The normalized spacial score (nSPS) is 29.3. The molecule has 0 unspecified atom stereocenters. The third-order valence-corrected chi connectivity index (χ3v) is 2.22. The minimum atomic E-state index is -0.802. The van der Waals surface area contributed by atoms with Crippen molar-refractivity contribution in [1.29, 1.82) is 0 Å². The number of halogens is 1. The Morgan fingerprint density at radius 1 is 1.33 bits per heavy atom. The van der Waals surface area contributed by atoms with Gasteiger partial charge in [0, 0.05) is 0 Å². The molecule has 0 aliphatic heterocycles. The monoisotopic (exact) mass is 130 g/mol. The second-order valence-electron chi connectivity index (χ2n) is 4.02. The van der Waals surface area contributed by atoms with E-state index in [1.807, 2.05) is 6.92 Å². The van der Waals surface area contributed by atoms with Gasteiger partial charge >= 0.3 is 0 Å². The summed E-state index contributed by atoms with van der Waals surface area (Å²) in [5, 5.41) is 0. The molecule has 1 rings (SSSR count). The fraction of sp³-hybridized carbons (Fsp3) is 1.00. The van der Waals surface area contributed by atoms with Crippen molar-refractivity contribution in [1.82, 2.24) is 0 Å². The van der Waals surface area contributed by atoms with Gasteiger partial charge < -0.3 is 0 Å². The highest BCUT2D eigenvalue weighted by molar-refractivity contribution is 4.98. The maximum absolute atomic E-state index is 13.1. The van der Waals surface area contributed by atoms with Gasteiger partial charge in [0.15, 0.2) is 0 Å². The van der Waals surface area contributed by atoms with Gasteiger partial charge in [-0.15, -0.1) is 0 Å². The fourth-order valence-corrected chi connectivity index (χ4v) is 1.91. The van der Waals surface area contributed by atoms with E-state index in [0.717, 1.165) is 12.8 Å². The first-order valence-corrected chi connectivity index (χ1v) is 3.66. The lowest BCUT2D eigenvalue weighted by molar-refractivity contribution is -0.0478. The molecule has 0 saturated heterocycles. The molecular formula is C8H15F. The Hall–Kier alpha value is -0.0700. The molecule has 0 aromatic rings. The standard InChI is InChI=1S/C8H15F/c1-4-8(9)5-7(2,3)6-8/h4-6H2,1-3H3. The number of hydrogen-bond acceptors (Lipinski definition) is 0. The Labute approximate surface area is 56.5 Å². The summed E-state index contributed by atoms with van der Waals surface area (Å²) in [5.74, 6) is 0. The second-order valence-corrected chi connectivity index (χ2v) is 4.02. The van der Waals surface area contributed by atoms with Crippen LogP contribution in [0.5, 0.6) is 0 Å². The highest BCUT2D eigenvalue weighted by Crippen LogP contribution is 2.51. The van der Waals surface area contributed by atoms with Gasteiger partial charge in [0.2, 0.25) is 0 Å².